The number of benzene rings is 1. The van der Waals surface area contributed by atoms with Crippen molar-refractivity contribution in [2.24, 2.45) is 0 Å². The van der Waals surface area contributed by atoms with Crippen LogP contribution in [0.3, 0.4) is 0 Å². The van der Waals surface area contributed by atoms with Crippen LogP contribution in [-0.4, -0.2) is 17.7 Å². The molecule has 1 N–H and O–H groups in total. The van der Waals surface area contributed by atoms with Crippen molar-refractivity contribution < 1.29 is 13.2 Å². The van der Waals surface area contributed by atoms with Crippen molar-refractivity contribution in [2.45, 2.75) is 25.6 Å². The maximum atomic E-state index is 12.0. The molecule has 1 aromatic heterocycles. The second-order valence-electron chi connectivity index (χ2n) is 4.50. The number of nitrogens with zero attached hydrogens (tertiary/aromatic N) is 1. The topological polar surface area (TPSA) is 24.9 Å². The zero-order chi connectivity index (χ0) is 14.6. The van der Waals surface area contributed by atoms with Crippen LogP contribution in [0.1, 0.15) is 18.4 Å². The Morgan fingerprint density at radius 3 is 2.75 bits per heavy atom. The van der Waals surface area contributed by atoms with Crippen molar-refractivity contribution in [1.29, 1.82) is 0 Å². The molecule has 2 aromatic rings. The second-order valence-corrected chi connectivity index (χ2v) is 5.36. The van der Waals surface area contributed by atoms with Crippen molar-refractivity contribution in [3.8, 4) is 0 Å². The Morgan fingerprint density at radius 1 is 1.20 bits per heavy atom. The summed E-state index contributed by atoms with van der Waals surface area (Å²) in [5.74, 6) is 0. The van der Waals surface area contributed by atoms with Gasteiger partial charge in [0.05, 0.1) is 5.52 Å². The van der Waals surface area contributed by atoms with Gasteiger partial charge in [-0.05, 0) is 30.7 Å². The first kappa shape index (κ1) is 15.3. The zero-order valence-corrected chi connectivity index (χ0v) is 12.3. The first-order valence-electron chi connectivity index (χ1n) is 6.27. The van der Waals surface area contributed by atoms with Crippen molar-refractivity contribution in [1.82, 2.24) is 10.3 Å². The molecule has 0 saturated carbocycles. The molecule has 6 heteroatoms. The Hall–Kier alpha value is -1.14. The molecule has 1 heterocycles. The van der Waals surface area contributed by atoms with Gasteiger partial charge >= 0.3 is 6.18 Å². The van der Waals surface area contributed by atoms with Gasteiger partial charge in [-0.1, -0.05) is 28.1 Å². The molecule has 0 atom stereocenters. The number of hydrogen-bond donors (Lipinski definition) is 1. The number of alkyl halides is 3. The molecule has 0 aliphatic carbocycles. The van der Waals surface area contributed by atoms with Gasteiger partial charge in [-0.25, -0.2) is 0 Å². The summed E-state index contributed by atoms with van der Waals surface area (Å²) in [5, 5.41) is 4.03. The van der Waals surface area contributed by atoms with E-state index in [0.717, 1.165) is 20.9 Å². The fourth-order valence-corrected chi connectivity index (χ4v) is 2.43. The number of hydrogen-bond acceptors (Lipinski definition) is 2. The molecule has 0 radical (unpaired) electrons. The van der Waals surface area contributed by atoms with Gasteiger partial charge in [0, 0.05) is 29.0 Å². The number of pyridine rings is 1. The lowest BCUT2D eigenvalue weighted by molar-refractivity contribution is -0.135. The monoisotopic (exact) mass is 346 g/mol. The van der Waals surface area contributed by atoms with E-state index in [1.54, 1.807) is 6.20 Å². The first-order chi connectivity index (χ1) is 9.47. The highest BCUT2D eigenvalue weighted by Crippen LogP contribution is 2.25. The zero-order valence-electron chi connectivity index (χ0n) is 10.7. The van der Waals surface area contributed by atoms with E-state index in [2.05, 4.69) is 26.2 Å². The van der Waals surface area contributed by atoms with Gasteiger partial charge in [0.1, 0.15) is 0 Å². The maximum absolute atomic E-state index is 12.0. The highest BCUT2D eigenvalue weighted by atomic mass is 79.9. The van der Waals surface area contributed by atoms with E-state index >= 15 is 0 Å². The van der Waals surface area contributed by atoms with Crippen LogP contribution >= 0.6 is 15.9 Å². The molecule has 0 aliphatic rings. The molecule has 0 amide bonds. The van der Waals surface area contributed by atoms with Crippen LogP contribution in [0.25, 0.3) is 10.9 Å². The van der Waals surface area contributed by atoms with Crippen LogP contribution in [0, 0.1) is 0 Å². The molecule has 0 unspecified atom stereocenters. The third kappa shape index (κ3) is 4.18. The summed E-state index contributed by atoms with van der Waals surface area (Å²) in [5.41, 5.74) is 1.85. The fraction of sp³-hybridized carbons (Fsp3) is 0.357. The largest absolute Gasteiger partial charge is 0.389 e. The number of rotatable bonds is 5. The van der Waals surface area contributed by atoms with Crippen LogP contribution in [0.4, 0.5) is 13.2 Å². The SMILES string of the molecule is FC(F)(F)CCCNCc1ccc(Br)c2cccnc12. The lowest BCUT2D eigenvalue weighted by atomic mass is 10.1. The van der Waals surface area contributed by atoms with Crippen LogP contribution in [-0.2, 0) is 6.54 Å². The molecule has 0 bridgehead atoms. The van der Waals surface area contributed by atoms with E-state index in [1.165, 1.54) is 0 Å². The molecule has 108 valence electrons. The van der Waals surface area contributed by atoms with Crippen LogP contribution in [0.5, 0.6) is 0 Å². The smallest absolute Gasteiger partial charge is 0.313 e. The van der Waals surface area contributed by atoms with E-state index in [0.29, 0.717) is 13.1 Å². The summed E-state index contributed by atoms with van der Waals surface area (Å²) in [6.07, 6.45) is -3.03. The summed E-state index contributed by atoms with van der Waals surface area (Å²) >= 11 is 3.46. The van der Waals surface area contributed by atoms with E-state index in [9.17, 15) is 13.2 Å². The second kappa shape index (κ2) is 6.54. The van der Waals surface area contributed by atoms with Crippen LogP contribution < -0.4 is 5.32 Å². The summed E-state index contributed by atoms with van der Waals surface area (Å²) in [6.45, 7) is 0.850. The lowest BCUT2D eigenvalue weighted by Crippen LogP contribution is -2.18. The van der Waals surface area contributed by atoms with Crippen LogP contribution in [0.15, 0.2) is 34.9 Å². The van der Waals surface area contributed by atoms with Gasteiger partial charge < -0.3 is 5.32 Å². The number of nitrogens with one attached hydrogen (secondary N) is 1. The molecular formula is C14H14BrF3N2. The maximum Gasteiger partial charge on any atom is 0.389 e. The summed E-state index contributed by atoms with van der Waals surface area (Å²) in [7, 11) is 0. The summed E-state index contributed by atoms with van der Waals surface area (Å²) < 4.78 is 37.0. The van der Waals surface area contributed by atoms with Crippen molar-refractivity contribution >= 4 is 26.8 Å². The summed E-state index contributed by atoms with van der Waals surface area (Å²) in [4.78, 5) is 4.33. The number of fused-ring (bicyclic) bond motifs is 1. The van der Waals surface area contributed by atoms with E-state index in [1.807, 2.05) is 24.3 Å². The fourth-order valence-electron chi connectivity index (χ4n) is 1.98. The Morgan fingerprint density at radius 2 is 2.00 bits per heavy atom. The predicted octanol–water partition coefficient (Wildman–Crippen LogP) is 4.43. The standard InChI is InChI=1S/C14H14BrF3N2/c15-12-5-4-10(13-11(12)3-1-8-20-13)9-19-7-2-6-14(16,17)18/h1,3-5,8,19H,2,6-7,9H2. The highest BCUT2D eigenvalue weighted by Gasteiger charge is 2.25. The average molecular weight is 347 g/mol. The Balaban J connectivity index is 1.95. The minimum Gasteiger partial charge on any atom is -0.313 e. The van der Waals surface area contributed by atoms with Gasteiger partial charge in [-0.3, -0.25) is 4.98 Å². The van der Waals surface area contributed by atoms with Crippen molar-refractivity contribution in [2.75, 3.05) is 6.54 Å². The van der Waals surface area contributed by atoms with Gasteiger partial charge in [0.2, 0.25) is 0 Å². The van der Waals surface area contributed by atoms with E-state index in [-0.39, 0.29) is 6.42 Å². The molecule has 0 spiro atoms. The predicted molar refractivity (Wildman–Crippen MR) is 76.4 cm³/mol. The quantitative estimate of drug-likeness (QED) is 0.810. The molecular weight excluding hydrogens is 333 g/mol. The van der Waals surface area contributed by atoms with Gasteiger partial charge in [0.25, 0.3) is 0 Å². The molecule has 1 aromatic carbocycles. The minimum atomic E-state index is -4.08. The normalized spacial score (nSPS) is 12.0. The molecule has 20 heavy (non-hydrogen) atoms. The molecule has 2 rings (SSSR count). The Labute approximate surface area is 123 Å². The highest BCUT2D eigenvalue weighted by molar-refractivity contribution is 9.10. The number of aromatic nitrogens is 1. The van der Waals surface area contributed by atoms with Gasteiger partial charge in [-0.2, -0.15) is 13.2 Å². The van der Waals surface area contributed by atoms with E-state index < -0.39 is 12.6 Å². The summed E-state index contributed by atoms with van der Waals surface area (Å²) in [6, 6.07) is 7.67. The van der Waals surface area contributed by atoms with Crippen molar-refractivity contribution in [3.63, 3.8) is 0 Å². The Bertz CT molecular complexity index is 584. The number of halogens is 4. The first-order valence-corrected chi connectivity index (χ1v) is 7.06. The van der Waals surface area contributed by atoms with Crippen LogP contribution in [0.2, 0.25) is 0 Å². The van der Waals surface area contributed by atoms with Gasteiger partial charge in [-0.15, -0.1) is 0 Å². The van der Waals surface area contributed by atoms with Gasteiger partial charge in [0.15, 0.2) is 0 Å². The molecule has 0 saturated heterocycles. The third-order valence-corrected chi connectivity index (χ3v) is 3.62. The lowest BCUT2D eigenvalue weighted by Gasteiger charge is -2.09. The minimum absolute atomic E-state index is 0.0887. The average Bonchev–Trinajstić information content (AvgIpc) is 2.40. The Kier molecular flexibility index (Phi) is 4.99. The molecule has 2 nitrogen and oxygen atoms in total. The molecule has 0 aliphatic heterocycles. The third-order valence-electron chi connectivity index (χ3n) is 2.93. The molecule has 0 fully saturated rings. The van der Waals surface area contributed by atoms with Crippen molar-refractivity contribution in [3.05, 3.63) is 40.5 Å². The van der Waals surface area contributed by atoms with E-state index in [4.69, 9.17) is 0 Å².